The summed E-state index contributed by atoms with van der Waals surface area (Å²) in [5.74, 6) is -1.38. The predicted molar refractivity (Wildman–Crippen MR) is 72.9 cm³/mol. The number of ether oxygens (including phenoxy) is 1. The van der Waals surface area contributed by atoms with E-state index in [-0.39, 0.29) is 11.7 Å². The zero-order chi connectivity index (χ0) is 15.3. The minimum Gasteiger partial charge on any atom is -0.481 e. The number of carboxylic acids is 1. The van der Waals surface area contributed by atoms with Crippen LogP contribution in [0.4, 0.5) is 0 Å². The van der Waals surface area contributed by atoms with E-state index < -0.39 is 24.2 Å². The molecule has 0 aromatic rings. The fraction of sp³-hybridized carbons (Fsp3) is 0.714. The maximum Gasteiger partial charge on any atom is 0.370 e. The number of carbonyl (C=O) groups excluding carboxylic acids is 1. The van der Waals surface area contributed by atoms with Crippen molar-refractivity contribution in [3.05, 3.63) is 11.8 Å². The van der Waals surface area contributed by atoms with Gasteiger partial charge in [0.25, 0.3) is 0 Å². The first kappa shape index (κ1) is 16.5. The molecule has 0 saturated carbocycles. The molecule has 0 aromatic carbocycles. The minimum atomic E-state index is -1.21. The van der Waals surface area contributed by atoms with Gasteiger partial charge in [-0.1, -0.05) is 26.7 Å². The van der Waals surface area contributed by atoms with E-state index in [1.54, 1.807) is 0 Å². The van der Waals surface area contributed by atoms with Gasteiger partial charge in [-0.3, -0.25) is 4.79 Å². The van der Waals surface area contributed by atoms with Crippen LogP contribution in [0.1, 0.15) is 40.0 Å². The molecule has 0 saturated heterocycles. The predicted octanol–water partition coefficient (Wildman–Crippen LogP) is 1.05. The van der Waals surface area contributed by atoms with Gasteiger partial charge in [0.1, 0.15) is 6.10 Å². The van der Waals surface area contributed by atoms with E-state index in [1.165, 1.54) is 6.92 Å². The van der Waals surface area contributed by atoms with E-state index in [0.717, 1.165) is 18.9 Å². The third kappa shape index (κ3) is 4.23. The Morgan fingerprint density at radius 2 is 2.00 bits per heavy atom. The first-order chi connectivity index (χ1) is 9.38. The molecule has 1 aliphatic rings. The fourth-order valence-corrected chi connectivity index (χ4v) is 2.43. The fourth-order valence-electron chi connectivity index (χ4n) is 2.43. The number of amides is 1. The highest BCUT2D eigenvalue weighted by molar-refractivity contribution is 5.84. The Balaban J connectivity index is 2.92. The largest absolute Gasteiger partial charge is 0.481 e. The van der Waals surface area contributed by atoms with Crippen molar-refractivity contribution in [2.75, 3.05) is 0 Å². The molecule has 0 fully saturated rings. The van der Waals surface area contributed by atoms with Gasteiger partial charge in [0.15, 0.2) is 0 Å². The highest BCUT2D eigenvalue weighted by Gasteiger charge is 2.37. The molecule has 114 valence electrons. The molecule has 0 radical (unpaired) electrons. The molecule has 3 atom stereocenters. The summed E-state index contributed by atoms with van der Waals surface area (Å²) in [5, 5.41) is 21.7. The molecular formula is C14H23NO5. The number of carboxylic acid groups (broad SMARTS) is 1. The summed E-state index contributed by atoms with van der Waals surface area (Å²) >= 11 is 0. The molecule has 0 spiro atoms. The smallest absolute Gasteiger partial charge is 0.370 e. The van der Waals surface area contributed by atoms with Crippen molar-refractivity contribution in [2.45, 2.75) is 58.3 Å². The van der Waals surface area contributed by atoms with Gasteiger partial charge >= 0.3 is 5.97 Å². The minimum absolute atomic E-state index is 0.255. The van der Waals surface area contributed by atoms with Crippen LogP contribution in [0.15, 0.2) is 11.8 Å². The van der Waals surface area contributed by atoms with Gasteiger partial charge in [0.05, 0.1) is 12.1 Å². The Hall–Kier alpha value is -1.56. The molecule has 0 aromatic heterocycles. The van der Waals surface area contributed by atoms with Crippen LogP contribution in [0.25, 0.3) is 0 Å². The van der Waals surface area contributed by atoms with E-state index in [9.17, 15) is 14.7 Å². The summed E-state index contributed by atoms with van der Waals surface area (Å²) < 4.78 is 5.45. The summed E-state index contributed by atoms with van der Waals surface area (Å²) in [4.78, 5) is 22.2. The second kappa shape index (κ2) is 7.28. The van der Waals surface area contributed by atoms with E-state index in [2.05, 4.69) is 19.2 Å². The van der Waals surface area contributed by atoms with E-state index in [1.807, 2.05) is 0 Å². The van der Waals surface area contributed by atoms with Crippen LogP contribution >= 0.6 is 0 Å². The topological polar surface area (TPSA) is 95.9 Å². The summed E-state index contributed by atoms with van der Waals surface area (Å²) in [7, 11) is 0. The first-order valence-corrected chi connectivity index (χ1v) is 6.95. The highest BCUT2D eigenvalue weighted by Crippen LogP contribution is 2.26. The van der Waals surface area contributed by atoms with Crippen molar-refractivity contribution < 1.29 is 24.5 Å². The van der Waals surface area contributed by atoms with Gasteiger partial charge in [0.2, 0.25) is 11.7 Å². The van der Waals surface area contributed by atoms with Gasteiger partial charge in [0, 0.05) is 6.92 Å². The number of aliphatic hydroxyl groups excluding tert-OH is 1. The summed E-state index contributed by atoms with van der Waals surface area (Å²) in [6, 6.07) is -0.615. The SMILES string of the molecule is CCC(CC)C[C@@H]1OC(C(=O)O)=C[C@H](O)[C@H]1NC(C)=O. The van der Waals surface area contributed by atoms with Crippen molar-refractivity contribution in [1.82, 2.24) is 5.32 Å². The van der Waals surface area contributed by atoms with Crippen molar-refractivity contribution in [2.24, 2.45) is 5.92 Å². The first-order valence-electron chi connectivity index (χ1n) is 6.95. The molecule has 3 N–H and O–H groups in total. The second-order valence-electron chi connectivity index (χ2n) is 5.13. The lowest BCUT2D eigenvalue weighted by Gasteiger charge is -2.36. The third-order valence-corrected chi connectivity index (χ3v) is 3.67. The Morgan fingerprint density at radius 3 is 2.45 bits per heavy atom. The quantitative estimate of drug-likeness (QED) is 0.678. The van der Waals surface area contributed by atoms with E-state index >= 15 is 0 Å². The van der Waals surface area contributed by atoms with Gasteiger partial charge in [-0.15, -0.1) is 0 Å². The van der Waals surface area contributed by atoms with E-state index in [0.29, 0.717) is 12.3 Å². The van der Waals surface area contributed by atoms with Crippen molar-refractivity contribution in [3.8, 4) is 0 Å². The van der Waals surface area contributed by atoms with Crippen LogP contribution in [0.5, 0.6) is 0 Å². The molecule has 0 aliphatic carbocycles. The number of aliphatic carboxylic acids is 1. The molecule has 1 aliphatic heterocycles. The standard InChI is InChI=1S/C14H23NO5/c1-4-9(5-2)6-11-13(15-8(3)16)10(17)7-12(20-11)14(18)19/h7,9-11,13,17H,4-6H2,1-3H3,(H,15,16)(H,18,19)/t10-,11-,13+/m0/s1. The maximum absolute atomic E-state index is 11.2. The molecule has 1 amide bonds. The molecule has 1 rings (SSSR count). The number of hydrogen-bond donors (Lipinski definition) is 3. The molecule has 1 heterocycles. The summed E-state index contributed by atoms with van der Waals surface area (Å²) in [5.41, 5.74) is 0. The van der Waals surface area contributed by atoms with Crippen LogP contribution in [0.3, 0.4) is 0 Å². The Morgan fingerprint density at radius 1 is 1.40 bits per heavy atom. The average Bonchev–Trinajstić information content (AvgIpc) is 2.38. The Kier molecular flexibility index (Phi) is 6.01. The number of nitrogens with one attached hydrogen (secondary N) is 1. The lowest BCUT2D eigenvalue weighted by atomic mass is 9.89. The lowest BCUT2D eigenvalue weighted by Crippen LogP contribution is -2.53. The van der Waals surface area contributed by atoms with Crippen LogP contribution in [0, 0.1) is 5.92 Å². The third-order valence-electron chi connectivity index (χ3n) is 3.67. The second-order valence-corrected chi connectivity index (χ2v) is 5.13. The van der Waals surface area contributed by atoms with Crippen LogP contribution < -0.4 is 5.32 Å². The number of carbonyl (C=O) groups is 2. The van der Waals surface area contributed by atoms with E-state index in [4.69, 9.17) is 9.84 Å². The van der Waals surface area contributed by atoms with Gasteiger partial charge in [-0.25, -0.2) is 4.79 Å². The molecule has 6 nitrogen and oxygen atoms in total. The van der Waals surface area contributed by atoms with Gasteiger partial charge < -0.3 is 20.3 Å². The molecule has 20 heavy (non-hydrogen) atoms. The van der Waals surface area contributed by atoms with Crippen molar-refractivity contribution in [1.29, 1.82) is 0 Å². The zero-order valence-electron chi connectivity index (χ0n) is 12.1. The summed E-state index contributed by atoms with van der Waals surface area (Å²) in [6.45, 7) is 5.46. The number of hydrogen-bond acceptors (Lipinski definition) is 4. The monoisotopic (exact) mass is 285 g/mol. The average molecular weight is 285 g/mol. The number of aliphatic hydroxyl groups is 1. The lowest BCUT2D eigenvalue weighted by molar-refractivity contribution is -0.140. The molecular weight excluding hydrogens is 262 g/mol. The Bertz CT molecular complexity index is 389. The normalized spacial score (nSPS) is 25.9. The van der Waals surface area contributed by atoms with Crippen molar-refractivity contribution >= 4 is 11.9 Å². The number of rotatable bonds is 6. The highest BCUT2D eigenvalue weighted by atomic mass is 16.5. The molecule has 0 unspecified atom stereocenters. The van der Waals surface area contributed by atoms with Crippen molar-refractivity contribution in [3.63, 3.8) is 0 Å². The molecule has 6 heteroatoms. The van der Waals surface area contributed by atoms with Gasteiger partial charge in [-0.2, -0.15) is 0 Å². The molecule has 0 bridgehead atoms. The maximum atomic E-state index is 11.2. The van der Waals surface area contributed by atoms with Gasteiger partial charge in [-0.05, 0) is 18.4 Å². The Labute approximate surface area is 118 Å². The summed E-state index contributed by atoms with van der Waals surface area (Å²) in [6.07, 6.45) is 2.01. The van der Waals surface area contributed by atoms with Crippen LogP contribution in [0.2, 0.25) is 0 Å². The zero-order valence-corrected chi connectivity index (χ0v) is 12.1. The van der Waals surface area contributed by atoms with Crippen LogP contribution in [-0.4, -0.2) is 40.3 Å². The van der Waals surface area contributed by atoms with Crippen LogP contribution in [-0.2, 0) is 14.3 Å².